The van der Waals surface area contributed by atoms with Gasteiger partial charge in [-0.1, -0.05) is 32.0 Å². The second-order valence-corrected chi connectivity index (χ2v) is 15.2. The number of aromatic nitrogens is 3. The molecular weight excluding hydrogens is 827 g/mol. The molecule has 17 N–H and O–H groups in total. The monoisotopic (exact) mass is 883 g/mol. The number of carboxylic acids is 2. The van der Waals surface area contributed by atoms with Gasteiger partial charge in [0.1, 0.15) is 36.3 Å². The molecule has 1 aromatic carbocycles. The first kappa shape index (κ1) is 50.3. The Morgan fingerprint density at radius 1 is 0.746 bits per heavy atom. The quantitative estimate of drug-likeness (QED) is 0.0224. The third kappa shape index (κ3) is 15.7. The minimum Gasteiger partial charge on any atom is -0.481 e. The summed E-state index contributed by atoms with van der Waals surface area (Å²) in [6.45, 7) is 5.73. The molecule has 0 bridgehead atoms. The second-order valence-electron chi connectivity index (χ2n) is 15.2. The minimum absolute atomic E-state index is 0.109. The summed E-state index contributed by atoms with van der Waals surface area (Å²) in [6.07, 6.45) is 1.95. The van der Waals surface area contributed by atoms with Crippen molar-refractivity contribution in [2.45, 2.75) is 108 Å². The minimum atomic E-state index is -1.87. The number of aromatic amines is 2. The number of fused-ring (bicyclic) bond motifs is 1. The van der Waals surface area contributed by atoms with Crippen molar-refractivity contribution < 1.29 is 53.7 Å². The van der Waals surface area contributed by atoms with Gasteiger partial charge in [0.05, 0.1) is 24.9 Å². The molecule has 2 aromatic heterocycles. The number of para-hydroxylation sites is 1. The Labute approximate surface area is 361 Å². The molecule has 24 nitrogen and oxygen atoms in total. The molecule has 344 valence electrons. The number of carbonyl (C=O) groups excluding carboxylic acids is 6. The Balaban J connectivity index is 1.76. The summed E-state index contributed by atoms with van der Waals surface area (Å²) in [5.41, 5.74) is 18.4. The van der Waals surface area contributed by atoms with Crippen molar-refractivity contribution in [3.8, 4) is 0 Å². The number of carbonyl (C=O) groups is 8. The lowest BCUT2D eigenvalue weighted by atomic mass is 10.0. The Morgan fingerprint density at radius 2 is 1.35 bits per heavy atom. The van der Waals surface area contributed by atoms with E-state index in [1.54, 1.807) is 44.3 Å². The maximum absolute atomic E-state index is 13.8. The number of hydrogen-bond acceptors (Lipinski definition) is 12. The molecule has 0 unspecified atom stereocenters. The van der Waals surface area contributed by atoms with Crippen molar-refractivity contribution in [3.05, 3.63) is 54.2 Å². The normalized spacial score (nSPS) is 15.0. The fraction of sp³-hybridized carbons (Fsp3) is 0.487. The molecule has 0 aliphatic rings. The van der Waals surface area contributed by atoms with E-state index in [0.29, 0.717) is 28.6 Å². The van der Waals surface area contributed by atoms with Gasteiger partial charge in [-0.3, -0.25) is 38.6 Å². The number of amides is 6. The third-order valence-electron chi connectivity index (χ3n) is 9.71. The SMILES string of the molecule is CC(C)[C@H](NC(=O)[C@H](Cc1c[nH]c2ccccc12)NC(=O)[C@@H](NC(=O)[C@H](CC(=O)O)NC(=O)[C@H](C)NC(=O)[C@H](Cc1cnc[nH]1)NC(=O)[C@@H](N)CCCN=C(N)N)[C@@H](C)O)C(=O)O. The van der Waals surface area contributed by atoms with Crippen molar-refractivity contribution in [1.29, 1.82) is 0 Å². The molecule has 6 amide bonds. The van der Waals surface area contributed by atoms with E-state index in [9.17, 15) is 53.7 Å². The van der Waals surface area contributed by atoms with Gasteiger partial charge in [0.2, 0.25) is 35.4 Å². The number of carboxylic acid groups (broad SMARTS) is 2. The lowest BCUT2D eigenvalue weighted by molar-refractivity contribution is -0.143. The van der Waals surface area contributed by atoms with Crippen LogP contribution in [0.4, 0.5) is 0 Å². The van der Waals surface area contributed by atoms with Crippen LogP contribution in [0.1, 0.15) is 58.2 Å². The predicted octanol–water partition coefficient (Wildman–Crippen LogP) is -3.42. The van der Waals surface area contributed by atoms with Crippen LogP contribution >= 0.6 is 0 Å². The van der Waals surface area contributed by atoms with Crippen LogP contribution in [0.2, 0.25) is 0 Å². The van der Waals surface area contributed by atoms with Gasteiger partial charge >= 0.3 is 11.9 Å². The summed E-state index contributed by atoms with van der Waals surface area (Å²) in [7, 11) is 0. The smallest absolute Gasteiger partial charge is 0.326 e. The van der Waals surface area contributed by atoms with Gasteiger partial charge in [0.15, 0.2) is 5.96 Å². The highest BCUT2D eigenvalue weighted by molar-refractivity contribution is 5.98. The zero-order valence-corrected chi connectivity index (χ0v) is 35.2. The second kappa shape index (κ2) is 23.8. The first-order chi connectivity index (χ1) is 29.7. The summed E-state index contributed by atoms with van der Waals surface area (Å²) >= 11 is 0. The van der Waals surface area contributed by atoms with E-state index in [1.807, 2.05) is 0 Å². The molecule has 0 radical (unpaired) electrons. The van der Waals surface area contributed by atoms with E-state index in [0.717, 1.165) is 6.92 Å². The molecule has 0 aliphatic carbocycles. The number of nitrogens with zero attached hydrogens (tertiary/aromatic N) is 2. The van der Waals surface area contributed by atoms with Crippen LogP contribution < -0.4 is 49.1 Å². The molecule has 0 saturated heterocycles. The lowest BCUT2D eigenvalue weighted by Gasteiger charge is -2.28. The van der Waals surface area contributed by atoms with Crippen molar-refractivity contribution in [1.82, 2.24) is 46.9 Å². The first-order valence-corrected chi connectivity index (χ1v) is 20.0. The summed E-state index contributed by atoms with van der Waals surface area (Å²) in [5, 5.41) is 45.0. The van der Waals surface area contributed by atoms with Crippen LogP contribution in [0, 0.1) is 5.92 Å². The third-order valence-corrected chi connectivity index (χ3v) is 9.71. The predicted molar refractivity (Wildman–Crippen MR) is 226 cm³/mol. The van der Waals surface area contributed by atoms with Gasteiger partial charge in [-0.25, -0.2) is 9.78 Å². The fourth-order valence-corrected chi connectivity index (χ4v) is 6.23. The summed E-state index contributed by atoms with van der Waals surface area (Å²) < 4.78 is 0. The van der Waals surface area contributed by atoms with E-state index >= 15 is 0 Å². The first-order valence-electron chi connectivity index (χ1n) is 20.0. The molecule has 8 atom stereocenters. The number of aliphatic imine (C=N–C) groups is 1. The molecule has 0 aliphatic heterocycles. The molecule has 0 fully saturated rings. The van der Waals surface area contributed by atoms with Gasteiger partial charge in [-0.2, -0.15) is 0 Å². The number of guanidine groups is 1. The Bertz CT molecular complexity index is 2100. The van der Waals surface area contributed by atoms with E-state index < -0.39 is 108 Å². The summed E-state index contributed by atoms with van der Waals surface area (Å²) in [6, 6.07) is -3.17. The van der Waals surface area contributed by atoms with Gasteiger partial charge in [0, 0.05) is 48.4 Å². The maximum atomic E-state index is 13.8. The highest BCUT2D eigenvalue weighted by Crippen LogP contribution is 2.20. The molecule has 2 heterocycles. The number of aliphatic hydroxyl groups is 1. The van der Waals surface area contributed by atoms with Crippen molar-refractivity contribution in [2.75, 3.05) is 6.54 Å². The Hall–Kier alpha value is -7.08. The fourth-order valence-electron chi connectivity index (χ4n) is 6.23. The highest BCUT2D eigenvalue weighted by Gasteiger charge is 2.36. The zero-order valence-electron chi connectivity index (χ0n) is 35.2. The Morgan fingerprint density at radius 3 is 1.95 bits per heavy atom. The summed E-state index contributed by atoms with van der Waals surface area (Å²) in [5.74, 6) is -9.36. The number of imidazole rings is 1. The number of hydrogen-bond donors (Lipinski definition) is 14. The average molecular weight is 884 g/mol. The Kier molecular flexibility index (Phi) is 19.0. The number of nitrogens with one attached hydrogen (secondary N) is 8. The van der Waals surface area contributed by atoms with E-state index in [1.165, 1.54) is 19.4 Å². The van der Waals surface area contributed by atoms with Gasteiger partial charge in [-0.15, -0.1) is 0 Å². The van der Waals surface area contributed by atoms with Gasteiger partial charge < -0.3 is 74.4 Å². The largest absolute Gasteiger partial charge is 0.481 e. The molecule has 3 aromatic rings. The van der Waals surface area contributed by atoms with E-state index in [2.05, 4.69) is 51.8 Å². The average Bonchev–Trinajstić information content (AvgIpc) is 3.88. The number of rotatable bonds is 25. The maximum Gasteiger partial charge on any atom is 0.326 e. The van der Waals surface area contributed by atoms with E-state index in [4.69, 9.17) is 17.2 Å². The van der Waals surface area contributed by atoms with Crippen LogP contribution in [-0.2, 0) is 51.2 Å². The number of H-pyrrole nitrogens is 2. The van der Waals surface area contributed by atoms with Crippen LogP contribution in [-0.4, -0.2) is 139 Å². The molecule has 3 rings (SSSR count). The number of aliphatic hydroxyl groups excluding tert-OH is 1. The van der Waals surface area contributed by atoms with Crippen LogP contribution in [0.5, 0.6) is 0 Å². The van der Waals surface area contributed by atoms with Gasteiger partial charge in [0.25, 0.3) is 0 Å². The number of aliphatic carboxylic acids is 2. The van der Waals surface area contributed by atoms with Crippen molar-refractivity contribution in [2.24, 2.45) is 28.1 Å². The van der Waals surface area contributed by atoms with Crippen LogP contribution in [0.3, 0.4) is 0 Å². The lowest BCUT2D eigenvalue weighted by Crippen LogP contribution is -2.62. The zero-order chi connectivity index (χ0) is 47.0. The van der Waals surface area contributed by atoms with Crippen molar-refractivity contribution in [3.63, 3.8) is 0 Å². The number of nitrogens with two attached hydrogens (primary N) is 3. The van der Waals surface area contributed by atoms with Crippen molar-refractivity contribution >= 4 is 64.2 Å². The topological polar surface area (TPSA) is 404 Å². The summed E-state index contributed by atoms with van der Waals surface area (Å²) in [4.78, 5) is 118. The molecular formula is C39H57N13O11. The standard InChI is InChI=1S/C39H57N13O11/c1-18(2)30(38(62)63)51-35(59)26(12-21-15-45-25-10-6-5-8-23(21)25)50-37(61)31(20(4)53)52-36(60)28(14-29(54)55)48-32(56)19(3)47-34(58)27(13-22-16-43-17-46-22)49-33(57)24(40)9-7-11-44-39(41)42/h5-6,8,10,15-20,24,26-28,30-31,45,53H,7,9,11-14,40H2,1-4H3,(H,43,46)(H,47,58)(H,48,56)(H,49,57)(H,50,61)(H,51,59)(H,52,60)(H,54,55)(H,62,63)(H4,41,42,44)/t19-,20+,24-,26-,27-,28-,30-,31-/m0/s1. The van der Waals surface area contributed by atoms with E-state index in [-0.39, 0.29) is 31.8 Å². The molecule has 63 heavy (non-hydrogen) atoms. The van der Waals surface area contributed by atoms with Crippen LogP contribution in [0.25, 0.3) is 10.9 Å². The molecule has 24 heteroatoms. The van der Waals surface area contributed by atoms with Gasteiger partial charge in [-0.05, 0) is 44.2 Å². The molecule has 0 saturated carbocycles. The van der Waals surface area contributed by atoms with Crippen LogP contribution in [0.15, 0.2) is 48.0 Å². The highest BCUT2D eigenvalue weighted by atomic mass is 16.4. The molecule has 0 spiro atoms. The number of benzene rings is 1.